The van der Waals surface area contributed by atoms with E-state index < -0.39 is 0 Å². The molecule has 4 aromatic rings. The minimum absolute atomic E-state index is 0.661. The molecule has 26 heavy (non-hydrogen) atoms. The summed E-state index contributed by atoms with van der Waals surface area (Å²) >= 11 is 5.47. The van der Waals surface area contributed by atoms with E-state index in [2.05, 4.69) is 53.1 Å². The van der Waals surface area contributed by atoms with Crippen LogP contribution in [-0.4, -0.2) is 4.99 Å². The van der Waals surface area contributed by atoms with Gasteiger partial charge < -0.3 is 10.6 Å². The van der Waals surface area contributed by atoms with Gasteiger partial charge in [-0.05, 0) is 29.0 Å². The Labute approximate surface area is 158 Å². The molecule has 0 aromatic heterocycles. The van der Waals surface area contributed by atoms with Crippen LogP contribution in [0.2, 0.25) is 0 Å². The molecular formula is C23H18N2S. The van der Waals surface area contributed by atoms with Crippen LogP contribution in [0.4, 0.5) is 11.4 Å². The Kier molecular flexibility index (Phi) is 4.63. The normalized spacial score (nSPS) is 11.1. The molecule has 0 saturated heterocycles. The maximum atomic E-state index is 5.47. The van der Waals surface area contributed by atoms with Crippen LogP contribution in [0.1, 0.15) is 0 Å². The predicted molar refractivity (Wildman–Crippen MR) is 117 cm³/mol. The number of hydrogen-bond donors (Lipinski definition) is 2. The second kappa shape index (κ2) is 7.38. The van der Waals surface area contributed by atoms with Gasteiger partial charge in [0, 0.05) is 28.3 Å². The molecule has 0 spiro atoms. The van der Waals surface area contributed by atoms with Crippen molar-refractivity contribution in [3.05, 3.63) is 97.2 Å². The smallest absolute Gasteiger partial charge is 0.105 e. The van der Waals surface area contributed by atoms with Crippen molar-refractivity contribution in [2.45, 2.75) is 0 Å². The molecule has 0 aliphatic carbocycles. The van der Waals surface area contributed by atoms with Crippen LogP contribution < -0.4 is 10.6 Å². The summed E-state index contributed by atoms with van der Waals surface area (Å²) in [6, 6.07) is 29.0. The molecule has 4 rings (SSSR count). The zero-order valence-electron chi connectivity index (χ0n) is 14.1. The molecular weight excluding hydrogens is 336 g/mol. The molecule has 2 N–H and O–H groups in total. The van der Waals surface area contributed by atoms with E-state index in [-0.39, 0.29) is 0 Å². The first-order valence-electron chi connectivity index (χ1n) is 8.51. The van der Waals surface area contributed by atoms with Crippen LogP contribution in [0, 0.1) is 0 Å². The summed E-state index contributed by atoms with van der Waals surface area (Å²) in [4.78, 5) is 0.661. The van der Waals surface area contributed by atoms with E-state index in [1.54, 1.807) is 0 Å². The SMILES string of the molecule is S=C(C=CNc1cccc2ccccc12)Nc1cccc2ccccc12. The number of fused-ring (bicyclic) bond motifs is 2. The van der Waals surface area contributed by atoms with Gasteiger partial charge in [-0.1, -0.05) is 85.0 Å². The molecule has 0 unspecified atom stereocenters. The maximum Gasteiger partial charge on any atom is 0.105 e. The predicted octanol–water partition coefficient (Wildman–Crippen LogP) is 6.36. The third-order valence-electron chi connectivity index (χ3n) is 4.31. The van der Waals surface area contributed by atoms with E-state index in [0.717, 1.165) is 16.8 Å². The Morgan fingerprint density at radius 2 is 1.19 bits per heavy atom. The number of hydrogen-bond acceptors (Lipinski definition) is 2. The van der Waals surface area contributed by atoms with Crippen LogP contribution >= 0.6 is 12.2 Å². The molecule has 0 amide bonds. The second-order valence-electron chi connectivity index (χ2n) is 6.02. The van der Waals surface area contributed by atoms with Crippen molar-refractivity contribution in [3.8, 4) is 0 Å². The molecule has 0 aliphatic heterocycles. The molecule has 0 atom stereocenters. The van der Waals surface area contributed by atoms with Crippen LogP contribution in [0.3, 0.4) is 0 Å². The Bertz CT molecular complexity index is 1100. The highest BCUT2D eigenvalue weighted by atomic mass is 32.1. The van der Waals surface area contributed by atoms with Gasteiger partial charge in [-0.25, -0.2) is 0 Å². The fraction of sp³-hybridized carbons (Fsp3) is 0. The lowest BCUT2D eigenvalue weighted by atomic mass is 10.1. The third kappa shape index (κ3) is 3.44. The van der Waals surface area contributed by atoms with E-state index in [9.17, 15) is 0 Å². The van der Waals surface area contributed by atoms with Crippen LogP contribution in [-0.2, 0) is 0 Å². The fourth-order valence-corrected chi connectivity index (χ4v) is 3.25. The molecule has 3 heteroatoms. The summed E-state index contributed by atoms with van der Waals surface area (Å²) in [6.45, 7) is 0. The topological polar surface area (TPSA) is 24.1 Å². The van der Waals surface area contributed by atoms with Gasteiger partial charge in [0.05, 0.1) is 0 Å². The highest BCUT2D eigenvalue weighted by molar-refractivity contribution is 7.81. The molecule has 4 aromatic carbocycles. The number of anilines is 2. The first-order valence-corrected chi connectivity index (χ1v) is 8.92. The lowest BCUT2D eigenvalue weighted by Crippen LogP contribution is -2.06. The van der Waals surface area contributed by atoms with Gasteiger partial charge in [0.15, 0.2) is 0 Å². The molecule has 2 nitrogen and oxygen atoms in total. The summed E-state index contributed by atoms with van der Waals surface area (Å²) < 4.78 is 0. The number of thiocarbonyl (C=S) groups is 1. The lowest BCUT2D eigenvalue weighted by molar-refractivity contribution is 1.62. The Balaban J connectivity index is 1.49. The van der Waals surface area contributed by atoms with Gasteiger partial charge in [0.1, 0.15) is 4.99 Å². The van der Waals surface area contributed by atoms with Gasteiger partial charge in [-0.3, -0.25) is 0 Å². The molecule has 0 heterocycles. The van der Waals surface area contributed by atoms with E-state index in [1.807, 2.05) is 54.7 Å². The summed E-state index contributed by atoms with van der Waals surface area (Å²) in [6.07, 6.45) is 3.75. The van der Waals surface area contributed by atoms with Crippen molar-refractivity contribution in [2.75, 3.05) is 10.6 Å². The average molecular weight is 354 g/mol. The quantitative estimate of drug-likeness (QED) is 0.329. The highest BCUT2D eigenvalue weighted by Gasteiger charge is 2.01. The molecule has 0 fully saturated rings. The fourth-order valence-electron chi connectivity index (χ4n) is 3.07. The van der Waals surface area contributed by atoms with Gasteiger partial charge >= 0.3 is 0 Å². The van der Waals surface area contributed by atoms with E-state index >= 15 is 0 Å². The standard InChI is InChI=1S/C23H18N2S/c26-23(25-22-14-6-10-18-8-2-4-12-20(18)22)15-16-24-21-13-5-9-17-7-1-3-11-19(17)21/h1-16,24H,(H,25,26). The maximum absolute atomic E-state index is 5.47. The largest absolute Gasteiger partial charge is 0.361 e. The van der Waals surface area contributed by atoms with Gasteiger partial charge in [-0.2, -0.15) is 0 Å². The summed E-state index contributed by atoms with van der Waals surface area (Å²) in [5, 5.41) is 11.4. The molecule has 0 aliphatic rings. The van der Waals surface area contributed by atoms with E-state index in [1.165, 1.54) is 16.2 Å². The summed E-state index contributed by atoms with van der Waals surface area (Å²) in [5.74, 6) is 0. The molecule has 0 saturated carbocycles. The summed E-state index contributed by atoms with van der Waals surface area (Å²) in [5.41, 5.74) is 2.08. The molecule has 0 bridgehead atoms. The number of benzene rings is 4. The lowest BCUT2D eigenvalue weighted by Gasteiger charge is -2.09. The number of nitrogens with one attached hydrogen (secondary N) is 2. The Morgan fingerprint density at radius 1 is 0.654 bits per heavy atom. The average Bonchev–Trinajstić information content (AvgIpc) is 2.68. The van der Waals surface area contributed by atoms with E-state index in [0.29, 0.717) is 4.99 Å². The minimum Gasteiger partial charge on any atom is -0.361 e. The molecule has 126 valence electrons. The van der Waals surface area contributed by atoms with Crippen molar-refractivity contribution in [2.24, 2.45) is 0 Å². The number of rotatable bonds is 4. The van der Waals surface area contributed by atoms with Crippen LogP contribution in [0.25, 0.3) is 21.5 Å². The van der Waals surface area contributed by atoms with Crippen LogP contribution in [0.5, 0.6) is 0 Å². The second-order valence-corrected chi connectivity index (χ2v) is 6.46. The minimum atomic E-state index is 0.661. The highest BCUT2D eigenvalue weighted by Crippen LogP contribution is 2.24. The van der Waals surface area contributed by atoms with Crippen molar-refractivity contribution >= 4 is 50.1 Å². The van der Waals surface area contributed by atoms with E-state index in [4.69, 9.17) is 12.2 Å². The zero-order valence-corrected chi connectivity index (χ0v) is 15.0. The zero-order chi connectivity index (χ0) is 17.8. The first-order chi connectivity index (χ1) is 12.8. The Morgan fingerprint density at radius 3 is 1.88 bits per heavy atom. The van der Waals surface area contributed by atoms with Crippen molar-refractivity contribution < 1.29 is 0 Å². The first kappa shape index (κ1) is 16.3. The monoisotopic (exact) mass is 354 g/mol. The van der Waals surface area contributed by atoms with Crippen molar-refractivity contribution in [3.63, 3.8) is 0 Å². The Hall–Kier alpha value is -3.17. The molecule has 0 radical (unpaired) electrons. The van der Waals surface area contributed by atoms with Crippen LogP contribution in [0.15, 0.2) is 97.2 Å². The van der Waals surface area contributed by atoms with Crippen molar-refractivity contribution in [1.29, 1.82) is 0 Å². The van der Waals surface area contributed by atoms with Crippen molar-refractivity contribution in [1.82, 2.24) is 0 Å². The summed E-state index contributed by atoms with van der Waals surface area (Å²) in [7, 11) is 0. The van der Waals surface area contributed by atoms with Gasteiger partial charge in [-0.15, -0.1) is 0 Å². The third-order valence-corrected chi connectivity index (χ3v) is 4.55. The van der Waals surface area contributed by atoms with Gasteiger partial charge in [0.25, 0.3) is 0 Å². The van der Waals surface area contributed by atoms with Gasteiger partial charge in [0.2, 0.25) is 0 Å².